The highest BCUT2D eigenvalue weighted by molar-refractivity contribution is 5.78. The molecule has 1 aromatic carbocycles. The molecule has 0 N–H and O–H groups in total. The SMILES string of the molecule is Cc1c(C=O)cccc1OC1CC2CCC1C2(C)C. The Morgan fingerprint density at radius 1 is 1.32 bits per heavy atom. The minimum atomic E-state index is 0.328. The van der Waals surface area contributed by atoms with Gasteiger partial charge in [-0.25, -0.2) is 0 Å². The van der Waals surface area contributed by atoms with Crippen LogP contribution in [-0.4, -0.2) is 12.4 Å². The lowest BCUT2D eigenvalue weighted by Gasteiger charge is -2.27. The average molecular weight is 258 g/mol. The van der Waals surface area contributed by atoms with E-state index in [-0.39, 0.29) is 0 Å². The third-order valence-electron chi connectivity index (χ3n) is 5.53. The highest BCUT2D eigenvalue weighted by Gasteiger charge is 2.54. The van der Waals surface area contributed by atoms with E-state index in [2.05, 4.69) is 13.8 Å². The van der Waals surface area contributed by atoms with E-state index >= 15 is 0 Å². The first-order valence-corrected chi connectivity index (χ1v) is 7.25. The summed E-state index contributed by atoms with van der Waals surface area (Å²) in [6, 6.07) is 5.74. The van der Waals surface area contributed by atoms with Crippen LogP contribution in [0.3, 0.4) is 0 Å². The minimum Gasteiger partial charge on any atom is -0.490 e. The number of fused-ring (bicyclic) bond motifs is 2. The van der Waals surface area contributed by atoms with Crippen LogP contribution in [0, 0.1) is 24.2 Å². The summed E-state index contributed by atoms with van der Waals surface area (Å²) in [5, 5.41) is 0. The van der Waals surface area contributed by atoms with Crippen molar-refractivity contribution in [3.63, 3.8) is 0 Å². The van der Waals surface area contributed by atoms with Gasteiger partial charge in [0.05, 0.1) is 0 Å². The number of hydrogen-bond acceptors (Lipinski definition) is 2. The standard InChI is InChI=1S/C17H22O2/c1-11-12(10-18)5-4-6-15(11)19-16-9-13-7-8-14(16)17(13,2)3/h4-6,10,13-14,16H,7-9H2,1-3H3. The zero-order chi connectivity index (χ0) is 13.6. The molecule has 0 heterocycles. The lowest BCUT2D eigenvalue weighted by molar-refractivity contribution is 0.111. The first-order valence-electron chi connectivity index (χ1n) is 7.25. The molecule has 2 saturated carbocycles. The van der Waals surface area contributed by atoms with E-state index in [4.69, 9.17) is 4.74 Å². The van der Waals surface area contributed by atoms with Crippen molar-refractivity contribution in [3.8, 4) is 5.75 Å². The molecule has 3 atom stereocenters. The molecule has 19 heavy (non-hydrogen) atoms. The molecule has 2 aliphatic carbocycles. The molecule has 0 spiro atoms. The Morgan fingerprint density at radius 3 is 2.68 bits per heavy atom. The Bertz CT molecular complexity index is 504. The molecule has 2 aliphatic rings. The van der Waals surface area contributed by atoms with Crippen LogP contribution in [0.25, 0.3) is 0 Å². The molecule has 3 unspecified atom stereocenters. The lowest BCUT2D eigenvalue weighted by atomic mass is 9.82. The van der Waals surface area contributed by atoms with Crippen LogP contribution in [0.1, 0.15) is 49.0 Å². The second kappa shape index (κ2) is 4.36. The number of benzene rings is 1. The van der Waals surface area contributed by atoms with Crippen molar-refractivity contribution < 1.29 is 9.53 Å². The molecule has 0 saturated heterocycles. The van der Waals surface area contributed by atoms with Gasteiger partial charge in [0, 0.05) is 17.0 Å². The largest absolute Gasteiger partial charge is 0.490 e. The van der Waals surface area contributed by atoms with Crippen molar-refractivity contribution in [2.75, 3.05) is 0 Å². The van der Waals surface area contributed by atoms with E-state index in [1.54, 1.807) is 0 Å². The highest BCUT2D eigenvalue weighted by Crippen LogP contribution is 2.58. The second-order valence-corrected chi connectivity index (χ2v) is 6.68. The van der Waals surface area contributed by atoms with Crippen LogP contribution in [0.4, 0.5) is 0 Å². The number of aldehydes is 1. The summed E-state index contributed by atoms with van der Waals surface area (Å²) in [6.07, 6.45) is 5.05. The van der Waals surface area contributed by atoms with E-state index in [0.717, 1.165) is 29.1 Å². The zero-order valence-electron chi connectivity index (χ0n) is 12.0. The van der Waals surface area contributed by atoms with Gasteiger partial charge in [0.15, 0.2) is 0 Å². The van der Waals surface area contributed by atoms with Gasteiger partial charge in [-0.1, -0.05) is 26.0 Å². The normalized spacial score (nSPS) is 31.4. The molecule has 2 nitrogen and oxygen atoms in total. The van der Waals surface area contributed by atoms with Crippen LogP contribution in [0.2, 0.25) is 0 Å². The molecule has 0 amide bonds. The zero-order valence-corrected chi connectivity index (χ0v) is 12.0. The van der Waals surface area contributed by atoms with Crippen LogP contribution >= 0.6 is 0 Å². The monoisotopic (exact) mass is 258 g/mol. The van der Waals surface area contributed by atoms with Crippen LogP contribution in [-0.2, 0) is 0 Å². The number of carbonyl (C=O) groups is 1. The Hall–Kier alpha value is -1.31. The van der Waals surface area contributed by atoms with Crippen LogP contribution in [0.5, 0.6) is 5.75 Å². The van der Waals surface area contributed by atoms with Gasteiger partial charge in [0.2, 0.25) is 0 Å². The van der Waals surface area contributed by atoms with Gasteiger partial charge in [-0.2, -0.15) is 0 Å². The van der Waals surface area contributed by atoms with Crippen LogP contribution in [0.15, 0.2) is 18.2 Å². The Morgan fingerprint density at radius 2 is 2.11 bits per heavy atom. The number of hydrogen-bond donors (Lipinski definition) is 0. The van der Waals surface area contributed by atoms with E-state index in [9.17, 15) is 4.79 Å². The van der Waals surface area contributed by atoms with E-state index < -0.39 is 0 Å². The van der Waals surface area contributed by atoms with Gasteiger partial charge in [-0.15, -0.1) is 0 Å². The molecule has 0 aliphatic heterocycles. The molecule has 2 bridgehead atoms. The maximum absolute atomic E-state index is 11.0. The summed E-state index contributed by atoms with van der Waals surface area (Å²) in [5.74, 6) is 2.35. The number of rotatable bonds is 3. The van der Waals surface area contributed by atoms with Gasteiger partial charge in [-0.3, -0.25) is 4.79 Å². The molecule has 2 fully saturated rings. The molecular weight excluding hydrogens is 236 g/mol. The third-order valence-corrected chi connectivity index (χ3v) is 5.53. The Balaban J connectivity index is 1.82. The van der Waals surface area contributed by atoms with Crippen molar-refractivity contribution in [3.05, 3.63) is 29.3 Å². The fourth-order valence-electron chi connectivity index (χ4n) is 4.14. The van der Waals surface area contributed by atoms with Crippen molar-refractivity contribution in [2.24, 2.45) is 17.3 Å². The highest BCUT2D eigenvalue weighted by atomic mass is 16.5. The molecular formula is C17H22O2. The predicted octanol–water partition coefficient (Wildman–Crippen LogP) is 4.01. The van der Waals surface area contributed by atoms with Crippen molar-refractivity contribution >= 4 is 6.29 Å². The summed E-state index contributed by atoms with van der Waals surface area (Å²) in [7, 11) is 0. The topological polar surface area (TPSA) is 26.3 Å². The minimum absolute atomic E-state index is 0.328. The van der Waals surface area contributed by atoms with Gasteiger partial charge in [0.25, 0.3) is 0 Å². The summed E-state index contributed by atoms with van der Waals surface area (Å²) in [6.45, 7) is 6.73. The first kappa shape index (κ1) is 12.7. The van der Waals surface area contributed by atoms with Crippen molar-refractivity contribution in [2.45, 2.75) is 46.1 Å². The number of carbonyl (C=O) groups excluding carboxylic acids is 1. The molecule has 2 heteroatoms. The van der Waals surface area contributed by atoms with E-state index in [1.807, 2.05) is 25.1 Å². The van der Waals surface area contributed by atoms with Gasteiger partial charge in [0.1, 0.15) is 18.1 Å². The quantitative estimate of drug-likeness (QED) is 0.766. The van der Waals surface area contributed by atoms with Crippen molar-refractivity contribution in [1.29, 1.82) is 0 Å². The third kappa shape index (κ3) is 1.89. The molecule has 0 radical (unpaired) electrons. The van der Waals surface area contributed by atoms with Gasteiger partial charge in [-0.05, 0) is 43.6 Å². The fourth-order valence-corrected chi connectivity index (χ4v) is 4.14. The Kier molecular flexibility index (Phi) is 2.92. The molecule has 3 rings (SSSR count). The molecule has 0 aromatic heterocycles. The second-order valence-electron chi connectivity index (χ2n) is 6.68. The molecule has 102 valence electrons. The first-order chi connectivity index (χ1) is 9.04. The fraction of sp³-hybridized carbons (Fsp3) is 0.588. The van der Waals surface area contributed by atoms with Crippen molar-refractivity contribution in [1.82, 2.24) is 0 Å². The lowest BCUT2D eigenvalue weighted by Crippen LogP contribution is -2.27. The smallest absolute Gasteiger partial charge is 0.150 e. The predicted molar refractivity (Wildman–Crippen MR) is 75.6 cm³/mol. The van der Waals surface area contributed by atoms with Gasteiger partial charge >= 0.3 is 0 Å². The maximum Gasteiger partial charge on any atom is 0.150 e. The van der Waals surface area contributed by atoms with E-state index in [0.29, 0.717) is 17.4 Å². The number of ether oxygens (including phenoxy) is 1. The average Bonchev–Trinajstić information content (AvgIpc) is 2.80. The Labute approximate surface area is 115 Å². The summed E-state index contributed by atoms with van der Waals surface area (Å²) in [4.78, 5) is 11.0. The summed E-state index contributed by atoms with van der Waals surface area (Å²) in [5.41, 5.74) is 2.12. The van der Waals surface area contributed by atoms with E-state index in [1.165, 1.54) is 19.3 Å². The maximum atomic E-state index is 11.0. The van der Waals surface area contributed by atoms with Crippen LogP contribution < -0.4 is 4.74 Å². The van der Waals surface area contributed by atoms with Gasteiger partial charge < -0.3 is 4.74 Å². The molecule has 1 aromatic rings. The summed E-state index contributed by atoms with van der Waals surface area (Å²) >= 11 is 0. The summed E-state index contributed by atoms with van der Waals surface area (Å²) < 4.78 is 6.26.